The third-order valence-corrected chi connectivity index (χ3v) is 9.51. The maximum atomic E-state index is 12.9. The predicted octanol–water partition coefficient (Wildman–Crippen LogP) is 5.06. The molecule has 1 aliphatic rings. The fraction of sp³-hybridized carbons (Fsp3) is 0.433. The zero-order valence-electron chi connectivity index (χ0n) is 24.7. The number of carbonyl (C=O) groups is 2. The number of halogens is 4. The Morgan fingerprint density at radius 3 is 2.29 bits per heavy atom. The zero-order chi connectivity index (χ0) is 32.8. The van der Waals surface area contributed by atoms with Gasteiger partial charge in [-0.15, -0.1) is 0 Å². The summed E-state index contributed by atoms with van der Waals surface area (Å²) in [5.41, 5.74) is 1.48. The smallest absolute Gasteiger partial charge is 0.422 e. The molecule has 15 heteroatoms. The molecule has 3 aromatic rings. The van der Waals surface area contributed by atoms with Gasteiger partial charge in [0.05, 0.1) is 10.8 Å². The van der Waals surface area contributed by atoms with Crippen molar-refractivity contribution in [2.75, 3.05) is 24.2 Å². The normalized spacial score (nSPS) is 14.2. The van der Waals surface area contributed by atoms with E-state index in [4.69, 9.17) is 16.3 Å². The van der Waals surface area contributed by atoms with Gasteiger partial charge in [0.1, 0.15) is 17.4 Å². The molecule has 1 aromatic heterocycles. The molecule has 1 heterocycles. The minimum Gasteiger partial charge on any atom is -0.454 e. The van der Waals surface area contributed by atoms with Crippen molar-refractivity contribution in [2.24, 2.45) is 0 Å². The van der Waals surface area contributed by atoms with Gasteiger partial charge in [0.15, 0.2) is 16.4 Å². The number of amides is 1. The van der Waals surface area contributed by atoms with Crippen molar-refractivity contribution in [3.05, 3.63) is 76.1 Å². The summed E-state index contributed by atoms with van der Waals surface area (Å²) >= 11 is 6.01. The second-order valence-electron chi connectivity index (χ2n) is 11.1. The van der Waals surface area contributed by atoms with Crippen LogP contribution in [0.4, 0.5) is 19.1 Å². The van der Waals surface area contributed by atoms with Crippen LogP contribution in [0.15, 0.2) is 48.5 Å². The lowest BCUT2D eigenvalue weighted by molar-refractivity contribution is -0.154. The minimum absolute atomic E-state index is 0.0312. The number of carbonyl (C=O) groups excluding carboxylic acids is 2. The van der Waals surface area contributed by atoms with Crippen molar-refractivity contribution in [3.8, 4) is 6.01 Å². The fourth-order valence-corrected chi connectivity index (χ4v) is 5.40. The zero-order valence-corrected chi connectivity index (χ0v) is 26.2. The Morgan fingerprint density at radius 1 is 1.02 bits per heavy atom. The number of alkyl halides is 3. The fourth-order valence-electron chi connectivity index (χ4n) is 4.35. The van der Waals surface area contributed by atoms with Crippen molar-refractivity contribution >= 4 is 39.1 Å². The van der Waals surface area contributed by atoms with Crippen LogP contribution >= 0.6 is 11.6 Å². The van der Waals surface area contributed by atoms with Crippen LogP contribution in [0.3, 0.4) is 0 Å². The number of anilines is 1. The lowest BCUT2D eigenvalue weighted by Crippen LogP contribution is -2.26. The highest BCUT2D eigenvalue weighted by Crippen LogP contribution is 2.48. The Kier molecular flexibility index (Phi) is 10.7. The summed E-state index contributed by atoms with van der Waals surface area (Å²) < 4.78 is 67.2. The van der Waals surface area contributed by atoms with Crippen LogP contribution in [0, 0.1) is 0 Å². The number of Topliss-reactive ketones (excluding diaryl/α,β-unsaturated/α-hetero) is 1. The summed E-state index contributed by atoms with van der Waals surface area (Å²) in [5, 5.41) is 5.87. The van der Waals surface area contributed by atoms with E-state index in [2.05, 4.69) is 25.6 Å². The van der Waals surface area contributed by atoms with Gasteiger partial charge in [0.2, 0.25) is 5.95 Å². The number of hydrogen-bond donors (Lipinski definition) is 2. The molecule has 0 spiro atoms. The van der Waals surface area contributed by atoms with E-state index in [1.165, 1.54) is 13.8 Å². The van der Waals surface area contributed by atoms with Gasteiger partial charge in [0.25, 0.3) is 5.91 Å². The van der Waals surface area contributed by atoms with Crippen molar-refractivity contribution < 1.29 is 35.9 Å². The van der Waals surface area contributed by atoms with Gasteiger partial charge < -0.3 is 15.4 Å². The van der Waals surface area contributed by atoms with E-state index in [-0.39, 0.29) is 37.1 Å². The highest BCUT2D eigenvalue weighted by atomic mass is 35.5. The number of hydrogen-bond acceptors (Lipinski definition) is 9. The van der Waals surface area contributed by atoms with Gasteiger partial charge in [-0.3, -0.25) is 9.59 Å². The summed E-state index contributed by atoms with van der Waals surface area (Å²) in [6, 6.07) is 13.2. The monoisotopic (exact) mass is 667 g/mol. The van der Waals surface area contributed by atoms with E-state index in [1.807, 2.05) is 12.1 Å². The molecule has 0 saturated heterocycles. The highest BCUT2D eigenvalue weighted by molar-refractivity contribution is 7.92. The second-order valence-corrected chi connectivity index (χ2v) is 14.1. The molecule has 1 saturated carbocycles. The predicted molar refractivity (Wildman–Crippen MR) is 162 cm³/mol. The number of nitrogens with zero attached hydrogens (tertiary/aromatic N) is 3. The third kappa shape index (κ3) is 10.1. The summed E-state index contributed by atoms with van der Waals surface area (Å²) in [6.07, 6.45) is -2.62. The van der Waals surface area contributed by atoms with Gasteiger partial charge in [-0.25, -0.2) is 8.42 Å². The molecule has 2 N–H and O–H groups in total. The lowest BCUT2D eigenvalue weighted by atomic mass is 10.1. The van der Waals surface area contributed by atoms with Crippen LogP contribution in [0.25, 0.3) is 0 Å². The van der Waals surface area contributed by atoms with Gasteiger partial charge in [0, 0.05) is 30.0 Å². The van der Waals surface area contributed by atoms with E-state index in [0.29, 0.717) is 22.6 Å². The van der Waals surface area contributed by atoms with Crippen LogP contribution in [0.5, 0.6) is 6.01 Å². The Hall–Kier alpha value is -3.78. The van der Waals surface area contributed by atoms with Gasteiger partial charge >= 0.3 is 12.2 Å². The van der Waals surface area contributed by atoms with E-state index in [0.717, 1.165) is 18.4 Å². The van der Waals surface area contributed by atoms with Crippen molar-refractivity contribution in [2.45, 2.75) is 62.9 Å². The van der Waals surface area contributed by atoms with E-state index < -0.39 is 51.0 Å². The SMILES string of the molecule is CC(C)S(=O)(=O)CC(=O)CCCNC(=O)c1ccc(Cc2nc(NC3(c4ccc(Cl)cc4)CC3)nc(OCC(F)(F)F)n2)cc1. The molecule has 0 bridgehead atoms. The number of aromatic nitrogens is 3. The summed E-state index contributed by atoms with van der Waals surface area (Å²) in [5.74, 6) is -1.06. The molecule has 10 nitrogen and oxygen atoms in total. The maximum absolute atomic E-state index is 12.9. The van der Waals surface area contributed by atoms with Gasteiger partial charge in [-0.05, 0) is 68.5 Å². The third-order valence-electron chi connectivity index (χ3n) is 7.10. The number of ketones is 1. The van der Waals surface area contributed by atoms with E-state index in [1.54, 1.807) is 36.4 Å². The average molecular weight is 668 g/mol. The van der Waals surface area contributed by atoms with Crippen LogP contribution in [0.1, 0.15) is 66.8 Å². The maximum Gasteiger partial charge on any atom is 0.422 e. The molecule has 0 aliphatic heterocycles. The van der Waals surface area contributed by atoms with E-state index >= 15 is 0 Å². The number of sulfone groups is 1. The Morgan fingerprint density at radius 2 is 1.69 bits per heavy atom. The molecule has 1 aliphatic carbocycles. The first-order valence-corrected chi connectivity index (χ1v) is 16.3. The minimum atomic E-state index is -4.58. The molecule has 1 amide bonds. The topological polar surface area (TPSA) is 140 Å². The number of nitrogens with one attached hydrogen (secondary N) is 2. The molecule has 4 rings (SSSR count). The largest absolute Gasteiger partial charge is 0.454 e. The number of benzene rings is 2. The Labute approximate surface area is 264 Å². The van der Waals surface area contributed by atoms with Crippen LogP contribution in [-0.2, 0) is 26.6 Å². The summed E-state index contributed by atoms with van der Waals surface area (Å²) in [6.45, 7) is 1.66. The molecular formula is C30H33ClF3N5O5S. The number of rotatable bonds is 15. The van der Waals surface area contributed by atoms with Crippen molar-refractivity contribution in [3.63, 3.8) is 0 Å². The Bertz CT molecular complexity index is 1610. The van der Waals surface area contributed by atoms with Crippen molar-refractivity contribution in [1.29, 1.82) is 0 Å². The summed E-state index contributed by atoms with van der Waals surface area (Å²) in [4.78, 5) is 37.1. The molecule has 0 atom stereocenters. The first-order chi connectivity index (χ1) is 21.1. The molecular weight excluding hydrogens is 635 g/mol. The van der Waals surface area contributed by atoms with E-state index in [9.17, 15) is 31.2 Å². The molecule has 1 fully saturated rings. The number of ether oxygens (including phenoxy) is 1. The van der Waals surface area contributed by atoms with Crippen molar-refractivity contribution in [1.82, 2.24) is 20.3 Å². The quantitative estimate of drug-likeness (QED) is 0.213. The molecule has 0 unspecified atom stereocenters. The van der Waals surface area contributed by atoms with Crippen LogP contribution in [0.2, 0.25) is 5.02 Å². The van der Waals surface area contributed by atoms with Gasteiger partial charge in [-0.1, -0.05) is 35.9 Å². The molecule has 0 radical (unpaired) electrons. The molecule has 2 aromatic carbocycles. The highest BCUT2D eigenvalue weighted by Gasteiger charge is 2.45. The summed E-state index contributed by atoms with van der Waals surface area (Å²) in [7, 11) is -3.46. The van der Waals surface area contributed by atoms with Gasteiger partial charge in [-0.2, -0.15) is 28.1 Å². The standard InChI is InChI=1S/C30H33ClF3N5O5S/c1-19(2)45(42,43)17-24(40)4-3-15-35-26(41)21-7-5-20(6-8-21)16-25-36-27(38-28(37-25)44-18-30(32,33)34)39-29(13-14-29)22-9-11-23(31)12-10-22/h5-12,19H,3-4,13-18H2,1-2H3,(H,35,41)(H,36,37,38,39). The lowest BCUT2D eigenvalue weighted by Gasteiger charge is -2.19. The van der Waals surface area contributed by atoms with Crippen LogP contribution < -0.4 is 15.4 Å². The first-order valence-electron chi connectivity index (χ1n) is 14.2. The first kappa shape index (κ1) is 34.1. The molecule has 242 valence electrons. The second kappa shape index (κ2) is 14.1. The molecule has 45 heavy (non-hydrogen) atoms. The average Bonchev–Trinajstić information content (AvgIpc) is 3.74. The Balaban J connectivity index is 1.38. The van der Waals surface area contributed by atoms with Crippen LogP contribution in [-0.4, -0.2) is 65.4 Å².